The lowest BCUT2D eigenvalue weighted by atomic mass is 10.3. The molecule has 2 aromatic rings. The van der Waals surface area contributed by atoms with Crippen LogP contribution >= 0.6 is 11.6 Å². The van der Waals surface area contributed by atoms with E-state index in [2.05, 4.69) is 10.4 Å². The number of carbonyl (C=O) groups excluding carboxylic acids is 2. The summed E-state index contributed by atoms with van der Waals surface area (Å²) in [6.07, 6.45) is 0.651. The van der Waals surface area contributed by atoms with Gasteiger partial charge in [0.15, 0.2) is 12.3 Å². The van der Waals surface area contributed by atoms with E-state index in [4.69, 9.17) is 21.1 Å². The molecule has 13 heteroatoms. The van der Waals surface area contributed by atoms with Gasteiger partial charge in [-0.3, -0.25) is 9.59 Å². The second-order valence-electron chi connectivity index (χ2n) is 7.07. The van der Waals surface area contributed by atoms with E-state index in [0.29, 0.717) is 13.0 Å². The number of nitrogens with one attached hydrogen (secondary N) is 1. The summed E-state index contributed by atoms with van der Waals surface area (Å²) in [6, 6.07) is 6.45. The van der Waals surface area contributed by atoms with E-state index in [1.165, 1.54) is 34.6 Å². The summed E-state index contributed by atoms with van der Waals surface area (Å²) in [7, 11) is -3.88. The lowest BCUT2D eigenvalue weighted by Gasteiger charge is -2.26. The maximum atomic E-state index is 12.9. The Kier molecular flexibility index (Phi) is 8.19. The molecule has 0 aliphatic carbocycles. The molecular weight excluding hydrogens is 476 g/mol. The van der Waals surface area contributed by atoms with Crippen molar-refractivity contribution < 1.29 is 27.5 Å². The lowest BCUT2D eigenvalue weighted by molar-refractivity contribution is -0.119. The quantitative estimate of drug-likeness (QED) is 0.534. The Bertz CT molecular complexity index is 1190. The monoisotopic (exact) mass is 498 g/mol. The van der Waals surface area contributed by atoms with Crippen LogP contribution in [0, 0.1) is 0 Å². The fourth-order valence-electron chi connectivity index (χ4n) is 3.04. The van der Waals surface area contributed by atoms with Gasteiger partial charge in [-0.05, 0) is 30.7 Å². The highest BCUT2D eigenvalue weighted by atomic mass is 35.5. The molecule has 1 amide bonds. The average Bonchev–Trinajstić information content (AvgIpc) is 2.80. The first-order valence-corrected chi connectivity index (χ1v) is 12.0. The summed E-state index contributed by atoms with van der Waals surface area (Å²) in [6.45, 7) is 2.52. The van der Waals surface area contributed by atoms with Crippen molar-refractivity contribution >= 4 is 39.2 Å². The highest BCUT2D eigenvalue weighted by molar-refractivity contribution is 7.89. The third-order valence-electron chi connectivity index (χ3n) is 4.65. The molecule has 1 saturated heterocycles. The van der Waals surface area contributed by atoms with E-state index in [1.54, 1.807) is 0 Å². The van der Waals surface area contributed by atoms with E-state index < -0.39 is 28.5 Å². The molecule has 0 spiro atoms. The Morgan fingerprint density at radius 2 is 1.94 bits per heavy atom. The van der Waals surface area contributed by atoms with Crippen molar-refractivity contribution in [1.82, 2.24) is 14.1 Å². The van der Waals surface area contributed by atoms with Gasteiger partial charge in [0.25, 0.3) is 11.5 Å². The maximum Gasteiger partial charge on any atom is 0.359 e. The van der Waals surface area contributed by atoms with Crippen molar-refractivity contribution in [3.63, 3.8) is 0 Å². The van der Waals surface area contributed by atoms with Gasteiger partial charge in [-0.15, -0.1) is 0 Å². The first-order chi connectivity index (χ1) is 15.7. The van der Waals surface area contributed by atoms with Gasteiger partial charge in [0, 0.05) is 31.4 Å². The van der Waals surface area contributed by atoms with Crippen molar-refractivity contribution in [3.05, 3.63) is 51.4 Å². The maximum absolute atomic E-state index is 12.9. The number of nitrogens with zero attached hydrogens (tertiary/aromatic N) is 3. The standard InChI is InChI=1S/C20H23ClN4O7S/c1-2-7-25-19(27)6-5-16(23-25)20(28)32-13-18(26)22-14-3-4-15(21)17(12-14)33(29,30)24-8-10-31-11-9-24/h3-6,12H,2,7-11,13H2,1H3,(H,22,26). The number of aromatic nitrogens is 2. The number of carbonyl (C=O) groups is 2. The first-order valence-electron chi connectivity index (χ1n) is 10.1. The van der Waals surface area contributed by atoms with Crippen molar-refractivity contribution in [1.29, 1.82) is 0 Å². The van der Waals surface area contributed by atoms with E-state index in [9.17, 15) is 22.8 Å². The van der Waals surface area contributed by atoms with Crippen molar-refractivity contribution in [2.24, 2.45) is 0 Å². The SMILES string of the molecule is CCCn1nc(C(=O)OCC(=O)Nc2ccc(Cl)c(S(=O)(=O)N3CCOCC3)c2)ccc1=O. The van der Waals surface area contributed by atoms with Gasteiger partial charge in [-0.2, -0.15) is 9.40 Å². The van der Waals surface area contributed by atoms with Crippen LogP contribution in [0.3, 0.4) is 0 Å². The number of amides is 1. The van der Waals surface area contributed by atoms with Gasteiger partial charge in [-0.25, -0.2) is 17.9 Å². The minimum absolute atomic E-state index is 0.0131. The molecular formula is C20H23ClN4O7S. The molecule has 0 radical (unpaired) electrons. The largest absolute Gasteiger partial charge is 0.451 e. The number of hydrogen-bond donors (Lipinski definition) is 1. The average molecular weight is 499 g/mol. The van der Waals surface area contributed by atoms with Crippen LogP contribution in [-0.4, -0.2) is 67.3 Å². The zero-order valence-electron chi connectivity index (χ0n) is 17.8. The number of hydrogen-bond acceptors (Lipinski definition) is 8. The Labute approximate surface area is 195 Å². The molecule has 1 aliphatic rings. The van der Waals surface area contributed by atoms with Gasteiger partial charge in [-0.1, -0.05) is 18.5 Å². The van der Waals surface area contributed by atoms with Crippen molar-refractivity contribution in [2.75, 3.05) is 38.2 Å². The van der Waals surface area contributed by atoms with E-state index in [1.807, 2.05) is 6.92 Å². The number of anilines is 1. The minimum atomic E-state index is -3.88. The van der Waals surface area contributed by atoms with Gasteiger partial charge in [0.1, 0.15) is 4.90 Å². The Morgan fingerprint density at radius 3 is 2.64 bits per heavy atom. The number of ether oxygens (including phenoxy) is 2. The molecule has 0 saturated carbocycles. The second-order valence-corrected chi connectivity index (χ2v) is 9.38. The van der Waals surface area contributed by atoms with E-state index in [-0.39, 0.29) is 53.2 Å². The Morgan fingerprint density at radius 1 is 1.21 bits per heavy atom. The summed E-state index contributed by atoms with van der Waals surface area (Å²) in [5.41, 5.74) is -0.292. The number of sulfonamides is 1. The zero-order chi connectivity index (χ0) is 24.0. The third-order valence-corrected chi connectivity index (χ3v) is 7.03. The fourth-order valence-corrected chi connectivity index (χ4v) is 4.95. The van der Waals surface area contributed by atoms with Gasteiger partial charge >= 0.3 is 5.97 Å². The number of esters is 1. The smallest absolute Gasteiger partial charge is 0.359 e. The van der Waals surface area contributed by atoms with Crippen molar-refractivity contribution in [3.8, 4) is 0 Å². The van der Waals surface area contributed by atoms with E-state index >= 15 is 0 Å². The highest BCUT2D eigenvalue weighted by Gasteiger charge is 2.28. The number of aryl methyl sites for hydroxylation is 1. The van der Waals surface area contributed by atoms with Crippen LogP contribution in [-0.2, 0) is 30.8 Å². The number of halogens is 1. The van der Waals surface area contributed by atoms with Crippen LogP contribution in [0.1, 0.15) is 23.8 Å². The molecule has 1 fully saturated rings. The first kappa shape index (κ1) is 24.8. The molecule has 11 nitrogen and oxygen atoms in total. The molecule has 178 valence electrons. The second kappa shape index (κ2) is 10.9. The van der Waals surface area contributed by atoms with Gasteiger partial charge < -0.3 is 14.8 Å². The van der Waals surface area contributed by atoms with Crippen LogP contribution in [0.15, 0.2) is 40.0 Å². The molecule has 0 bridgehead atoms. The topological polar surface area (TPSA) is 137 Å². The van der Waals surface area contributed by atoms with Gasteiger partial charge in [0.05, 0.1) is 18.2 Å². The fraction of sp³-hybridized carbons (Fsp3) is 0.400. The summed E-state index contributed by atoms with van der Waals surface area (Å²) in [4.78, 5) is 36.0. The molecule has 1 aromatic carbocycles. The third kappa shape index (κ3) is 6.16. The van der Waals surface area contributed by atoms with Crippen LogP contribution in [0.5, 0.6) is 0 Å². The number of morpholine rings is 1. The van der Waals surface area contributed by atoms with Crippen LogP contribution in [0.2, 0.25) is 5.02 Å². The lowest BCUT2D eigenvalue weighted by Crippen LogP contribution is -2.40. The molecule has 33 heavy (non-hydrogen) atoms. The van der Waals surface area contributed by atoms with Crippen LogP contribution in [0.25, 0.3) is 0 Å². The molecule has 0 atom stereocenters. The predicted molar refractivity (Wildman–Crippen MR) is 119 cm³/mol. The normalized spacial score (nSPS) is 14.6. The Hall–Kier alpha value is -2.80. The number of benzene rings is 1. The highest BCUT2D eigenvalue weighted by Crippen LogP contribution is 2.28. The summed E-state index contributed by atoms with van der Waals surface area (Å²) < 4.78 is 38.3. The zero-order valence-corrected chi connectivity index (χ0v) is 19.4. The molecule has 2 heterocycles. The molecule has 1 aromatic heterocycles. The van der Waals surface area contributed by atoms with E-state index in [0.717, 1.165) is 4.68 Å². The molecule has 1 aliphatic heterocycles. The van der Waals surface area contributed by atoms with Crippen LogP contribution < -0.4 is 10.9 Å². The minimum Gasteiger partial charge on any atom is -0.451 e. The molecule has 1 N–H and O–H groups in total. The van der Waals surface area contributed by atoms with Crippen LogP contribution in [0.4, 0.5) is 5.69 Å². The number of rotatable bonds is 8. The summed E-state index contributed by atoms with van der Waals surface area (Å²) in [5, 5.41) is 6.41. The van der Waals surface area contributed by atoms with Gasteiger partial charge in [0.2, 0.25) is 10.0 Å². The summed E-state index contributed by atoms with van der Waals surface area (Å²) >= 11 is 6.10. The molecule has 3 rings (SSSR count). The predicted octanol–water partition coefficient (Wildman–Crippen LogP) is 1.12. The Balaban J connectivity index is 1.65. The van der Waals surface area contributed by atoms with Crippen molar-refractivity contribution in [2.45, 2.75) is 24.8 Å². The molecule has 0 unspecified atom stereocenters. The summed E-state index contributed by atoms with van der Waals surface area (Å²) in [5.74, 6) is -1.57.